The van der Waals surface area contributed by atoms with Crippen LogP contribution in [0.1, 0.15) is 38.5 Å². The smallest absolute Gasteiger partial charge is 0.211 e. The maximum atomic E-state index is 11.8. The Balaban J connectivity index is 2.22. The van der Waals surface area contributed by atoms with Crippen LogP contribution in [-0.2, 0) is 14.8 Å². The fourth-order valence-corrected chi connectivity index (χ4v) is 3.88. The summed E-state index contributed by atoms with van der Waals surface area (Å²) in [4.78, 5) is 0. The lowest BCUT2D eigenvalue weighted by Crippen LogP contribution is -2.33. The third-order valence-corrected chi connectivity index (χ3v) is 4.89. The van der Waals surface area contributed by atoms with Crippen LogP contribution in [0.2, 0.25) is 0 Å². The van der Waals surface area contributed by atoms with Gasteiger partial charge in [-0.2, -0.15) is 0 Å². The molecule has 1 aliphatic carbocycles. The van der Waals surface area contributed by atoms with Gasteiger partial charge in [0.05, 0.1) is 18.5 Å². The second-order valence-electron chi connectivity index (χ2n) is 5.08. The third-order valence-electron chi connectivity index (χ3n) is 3.34. The van der Waals surface area contributed by atoms with Crippen molar-refractivity contribution in [3.05, 3.63) is 0 Å². The zero-order valence-electron chi connectivity index (χ0n) is 11.1. The lowest BCUT2D eigenvalue weighted by atomic mass is 9.91. The van der Waals surface area contributed by atoms with E-state index in [2.05, 4.69) is 4.72 Å². The molecule has 0 aromatic rings. The Morgan fingerprint density at radius 1 is 1.33 bits per heavy atom. The number of hydrogen-bond donors (Lipinski definition) is 2. The highest BCUT2D eigenvalue weighted by atomic mass is 32.2. The molecule has 1 atom stereocenters. The van der Waals surface area contributed by atoms with Gasteiger partial charge in [-0.3, -0.25) is 0 Å². The summed E-state index contributed by atoms with van der Waals surface area (Å²) in [7, 11) is -1.68. The maximum absolute atomic E-state index is 11.8. The first-order valence-corrected chi connectivity index (χ1v) is 8.33. The zero-order chi connectivity index (χ0) is 13.4. The van der Waals surface area contributed by atoms with Crippen molar-refractivity contribution in [2.24, 2.45) is 5.92 Å². The molecule has 6 heteroatoms. The topological polar surface area (TPSA) is 75.6 Å². The first kappa shape index (κ1) is 15.9. The molecule has 0 aromatic carbocycles. The molecule has 0 heterocycles. The fraction of sp³-hybridized carbons (Fsp3) is 1.00. The zero-order valence-corrected chi connectivity index (χ0v) is 11.9. The van der Waals surface area contributed by atoms with E-state index in [-0.39, 0.29) is 18.9 Å². The van der Waals surface area contributed by atoms with Crippen LogP contribution in [0.5, 0.6) is 0 Å². The van der Waals surface area contributed by atoms with E-state index >= 15 is 0 Å². The average Bonchev–Trinajstić information content (AvgIpc) is 2.29. The van der Waals surface area contributed by atoms with Crippen molar-refractivity contribution in [1.82, 2.24) is 4.72 Å². The van der Waals surface area contributed by atoms with Gasteiger partial charge in [-0.25, -0.2) is 13.1 Å². The van der Waals surface area contributed by atoms with E-state index in [0.29, 0.717) is 12.3 Å². The van der Waals surface area contributed by atoms with Crippen LogP contribution >= 0.6 is 0 Å². The van der Waals surface area contributed by atoms with Crippen LogP contribution < -0.4 is 4.72 Å². The molecule has 18 heavy (non-hydrogen) atoms. The van der Waals surface area contributed by atoms with Crippen molar-refractivity contribution in [3.63, 3.8) is 0 Å². The van der Waals surface area contributed by atoms with E-state index in [4.69, 9.17) is 4.74 Å². The summed E-state index contributed by atoms with van der Waals surface area (Å²) >= 11 is 0. The molecule has 0 bridgehead atoms. The van der Waals surface area contributed by atoms with Gasteiger partial charge >= 0.3 is 0 Å². The second kappa shape index (κ2) is 8.09. The molecule has 0 radical (unpaired) electrons. The molecule has 0 aliphatic heterocycles. The van der Waals surface area contributed by atoms with Gasteiger partial charge in [0.1, 0.15) is 0 Å². The molecule has 108 valence electrons. The molecule has 0 aromatic heterocycles. The normalized spacial score (nSPS) is 19.9. The molecule has 1 saturated carbocycles. The van der Waals surface area contributed by atoms with Gasteiger partial charge in [0.15, 0.2) is 0 Å². The van der Waals surface area contributed by atoms with Crippen LogP contribution in [0.15, 0.2) is 0 Å². The van der Waals surface area contributed by atoms with Crippen LogP contribution in [0.4, 0.5) is 0 Å². The van der Waals surface area contributed by atoms with E-state index in [1.165, 1.54) is 13.5 Å². The Kier molecular flexibility index (Phi) is 7.14. The fourth-order valence-electron chi connectivity index (χ4n) is 2.38. The first-order valence-electron chi connectivity index (χ1n) is 6.68. The number of sulfonamides is 1. The maximum Gasteiger partial charge on any atom is 0.211 e. The molecule has 1 rings (SSSR count). The summed E-state index contributed by atoms with van der Waals surface area (Å²) in [6, 6.07) is 0. The Morgan fingerprint density at radius 3 is 2.61 bits per heavy atom. The summed E-state index contributed by atoms with van der Waals surface area (Å²) in [6.07, 6.45) is 5.34. The largest absolute Gasteiger partial charge is 0.391 e. The third kappa shape index (κ3) is 6.68. The standard InChI is InChI=1S/C12H25NO4S/c1-17-9-12(14)7-8-13-18(15,16)10-11-5-3-2-4-6-11/h11-14H,2-10H2,1H3. The van der Waals surface area contributed by atoms with Gasteiger partial charge in [-0.15, -0.1) is 0 Å². The molecular formula is C12H25NO4S. The summed E-state index contributed by atoms with van der Waals surface area (Å²) in [5.41, 5.74) is 0. The van der Waals surface area contributed by atoms with Crippen LogP contribution in [0.3, 0.4) is 0 Å². The minimum atomic E-state index is -3.19. The van der Waals surface area contributed by atoms with Crippen molar-refractivity contribution in [1.29, 1.82) is 0 Å². The lowest BCUT2D eigenvalue weighted by molar-refractivity contribution is 0.0603. The number of aliphatic hydroxyl groups excluding tert-OH is 1. The summed E-state index contributed by atoms with van der Waals surface area (Å²) in [6.45, 7) is 0.518. The Labute approximate surface area is 110 Å². The van der Waals surface area contributed by atoms with Crippen molar-refractivity contribution in [3.8, 4) is 0 Å². The van der Waals surface area contributed by atoms with Crippen molar-refractivity contribution in [2.45, 2.75) is 44.6 Å². The first-order chi connectivity index (χ1) is 8.53. The van der Waals surface area contributed by atoms with Crippen molar-refractivity contribution >= 4 is 10.0 Å². The van der Waals surface area contributed by atoms with E-state index in [1.807, 2.05) is 0 Å². The second-order valence-corrected chi connectivity index (χ2v) is 6.93. The van der Waals surface area contributed by atoms with Gasteiger partial charge in [-0.05, 0) is 25.2 Å². The highest BCUT2D eigenvalue weighted by molar-refractivity contribution is 7.89. The van der Waals surface area contributed by atoms with Crippen LogP contribution in [0, 0.1) is 5.92 Å². The van der Waals surface area contributed by atoms with E-state index in [1.54, 1.807) is 0 Å². The van der Waals surface area contributed by atoms with Crippen LogP contribution in [0.25, 0.3) is 0 Å². The minimum absolute atomic E-state index is 0.230. The minimum Gasteiger partial charge on any atom is -0.391 e. The average molecular weight is 279 g/mol. The molecule has 5 nitrogen and oxygen atoms in total. The quantitative estimate of drug-likeness (QED) is 0.692. The molecule has 0 spiro atoms. The van der Waals surface area contributed by atoms with Crippen molar-refractivity contribution in [2.75, 3.05) is 26.0 Å². The highest BCUT2D eigenvalue weighted by Crippen LogP contribution is 2.24. The van der Waals surface area contributed by atoms with Gasteiger partial charge in [0, 0.05) is 13.7 Å². The monoisotopic (exact) mass is 279 g/mol. The van der Waals surface area contributed by atoms with Gasteiger partial charge in [0.2, 0.25) is 10.0 Å². The number of aliphatic hydroxyl groups is 1. The summed E-state index contributed by atoms with van der Waals surface area (Å²) < 4.78 is 31.0. The van der Waals surface area contributed by atoms with Gasteiger partial charge in [-0.1, -0.05) is 19.3 Å². The summed E-state index contributed by atoms with van der Waals surface area (Å²) in [5, 5.41) is 9.41. The molecule has 1 unspecified atom stereocenters. The van der Waals surface area contributed by atoms with Crippen molar-refractivity contribution < 1.29 is 18.3 Å². The number of methoxy groups -OCH3 is 1. The molecular weight excluding hydrogens is 254 g/mol. The number of nitrogens with one attached hydrogen (secondary N) is 1. The van der Waals surface area contributed by atoms with E-state index < -0.39 is 16.1 Å². The lowest BCUT2D eigenvalue weighted by Gasteiger charge is -2.21. The number of rotatable bonds is 8. The number of hydrogen-bond acceptors (Lipinski definition) is 4. The van der Waals surface area contributed by atoms with Gasteiger partial charge in [0.25, 0.3) is 0 Å². The molecule has 1 aliphatic rings. The molecule has 0 saturated heterocycles. The highest BCUT2D eigenvalue weighted by Gasteiger charge is 2.21. The van der Waals surface area contributed by atoms with E-state index in [0.717, 1.165) is 25.7 Å². The SMILES string of the molecule is COCC(O)CCNS(=O)(=O)CC1CCCCC1. The van der Waals surface area contributed by atoms with E-state index in [9.17, 15) is 13.5 Å². The Morgan fingerprint density at radius 2 is 2.00 bits per heavy atom. The summed E-state index contributed by atoms with van der Waals surface area (Å²) in [5.74, 6) is 0.535. The predicted molar refractivity (Wildman–Crippen MR) is 70.9 cm³/mol. The predicted octanol–water partition coefficient (Wildman–Crippen LogP) is 0.883. The Bertz CT molecular complexity index is 312. The molecule has 1 fully saturated rings. The molecule has 2 N–H and O–H groups in total. The van der Waals surface area contributed by atoms with Crippen LogP contribution in [-0.4, -0.2) is 45.6 Å². The van der Waals surface area contributed by atoms with Gasteiger partial charge < -0.3 is 9.84 Å². The molecule has 0 amide bonds. The Hall–Kier alpha value is -0.170. The number of ether oxygens (including phenoxy) is 1.